The number of aliphatic imine (C=N–C) groups is 2. The molecule has 0 fully saturated rings. The molecule has 0 bridgehead atoms. The standard InChI is InChI=1S/C66H72N4O2.2Pt/c1-37-25-39(45-21-19-23-49-55(45)69-59(65(49,15)16)47-31-43(61(3,4)5)33-51(57(47)71)63(9,10)11)29-41(27-37)53-35-54(68-36-67-53)42-28-38(2)26-40(30-42)46-22-20-24-50-56(46)70-60(66(50,17)18)48-32-44(62(6,7)8)34-52(58(48)72)64(12,13)14;;/h19-28,31-36,71-72H,1-18H3;;/q-2;;. The molecule has 9 rings (SSSR count). The minimum absolute atomic E-state index is 0. The monoisotopic (exact) mass is 1340 g/mol. The van der Waals surface area contributed by atoms with E-state index in [0.29, 0.717) is 11.5 Å². The van der Waals surface area contributed by atoms with Gasteiger partial charge in [-0.15, -0.1) is 58.7 Å². The summed E-state index contributed by atoms with van der Waals surface area (Å²) in [5.41, 5.74) is 18.9. The molecular weight excluding hydrogens is 1270 g/mol. The summed E-state index contributed by atoms with van der Waals surface area (Å²) in [6, 6.07) is 39.5. The zero-order valence-corrected chi connectivity index (χ0v) is 51.1. The summed E-state index contributed by atoms with van der Waals surface area (Å²) >= 11 is 0. The average Bonchev–Trinajstić information content (AvgIpc) is 3.71. The summed E-state index contributed by atoms with van der Waals surface area (Å²) in [5.74, 6) is 0.595. The molecule has 0 radical (unpaired) electrons. The third-order valence-electron chi connectivity index (χ3n) is 15.0. The number of para-hydroxylation sites is 2. The van der Waals surface area contributed by atoms with Gasteiger partial charge in [0.15, 0.2) is 0 Å². The van der Waals surface area contributed by atoms with E-state index in [1.807, 2.05) is 6.07 Å². The number of fused-ring (bicyclic) bond motifs is 2. The number of nitrogens with zero attached hydrogens (tertiary/aromatic N) is 4. The van der Waals surface area contributed by atoms with Crippen molar-refractivity contribution in [3.63, 3.8) is 0 Å². The molecular formula is C66H72N4O2Pt2-2. The van der Waals surface area contributed by atoms with Crippen LogP contribution in [0, 0.1) is 26.0 Å². The van der Waals surface area contributed by atoms with Gasteiger partial charge in [-0.25, -0.2) is 0 Å². The minimum atomic E-state index is -0.478. The Balaban J connectivity index is 0.00000400. The Morgan fingerprint density at radius 3 is 1.12 bits per heavy atom. The van der Waals surface area contributed by atoms with Gasteiger partial charge in [-0.2, -0.15) is 0 Å². The van der Waals surface area contributed by atoms with Gasteiger partial charge < -0.3 is 10.2 Å². The van der Waals surface area contributed by atoms with Gasteiger partial charge in [0.25, 0.3) is 0 Å². The Hall–Kier alpha value is -5.28. The molecule has 6 aromatic carbocycles. The Labute approximate surface area is 470 Å². The average molecular weight is 1340 g/mol. The van der Waals surface area contributed by atoms with Gasteiger partial charge in [0, 0.05) is 98.0 Å². The van der Waals surface area contributed by atoms with Crippen molar-refractivity contribution in [1.82, 2.24) is 9.97 Å². The number of hydrogen-bond acceptors (Lipinski definition) is 6. The molecule has 0 spiro atoms. The van der Waals surface area contributed by atoms with Crippen LogP contribution in [0.1, 0.15) is 166 Å². The third kappa shape index (κ3) is 10.1. The van der Waals surface area contributed by atoms with Crippen LogP contribution >= 0.6 is 0 Å². The van der Waals surface area contributed by atoms with Crippen molar-refractivity contribution in [3.05, 3.63) is 165 Å². The fourth-order valence-corrected chi connectivity index (χ4v) is 10.6. The quantitative estimate of drug-likeness (QED) is 0.162. The molecule has 0 unspecified atom stereocenters. The normalized spacial score (nSPS) is 14.9. The molecule has 0 atom stereocenters. The zero-order chi connectivity index (χ0) is 52.4. The minimum Gasteiger partial charge on any atom is -0.507 e. The summed E-state index contributed by atoms with van der Waals surface area (Å²) < 4.78 is 0. The van der Waals surface area contributed by atoms with Crippen LogP contribution in [0.5, 0.6) is 11.5 Å². The van der Waals surface area contributed by atoms with Crippen LogP contribution in [-0.4, -0.2) is 31.6 Å². The SMILES string of the molecule is Cc1cc(-c2cc(-c3[c-]c(-c4cccc5c4N=C(c4cc(C(C)(C)C)cc(C(C)(C)C)c4O)C5(C)C)cc(C)c3)ncn2)[c-]c(-c2cccc3c2N=C(c2cc(C(C)(C)C)cc(C(C)(C)C)c2O)C3(C)C)c1.[Pt].[Pt]. The van der Waals surface area contributed by atoms with Crippen molar-refractivity contribution in [2.24, 2.45) is 9.98 Å². The second kappa shape index (κ2) is 19.4. The first kappa shape index (κ1) is 56.4. The molecule has 2 N–H and O–H groups in total. The van der Waals surface area contributed by atoms with Crippen molar-refractivity contribution in [2.45, 2.75) is 157 Å². The number of phenolic OH excluding ortho intramolecular Hbond substituents is 2. The summed E-state index contributed by atoms with van der Waals surface area (Å²) in [4.78, 5) is 20.6. The Morgan fingerprint density at radius 1 is 0.432 bits per heavy atom. The molecule has 0 amide bonds. The summed E-state index contributed by atoms with van der Waals surface area (Å²) in [7, 11) is 0. The number of rotatable bonds is 6. The van der Waals surface area contributed by atoms with Crippen LogP contribution < -0.4 is 0 Å². The number of benzene rings is 6. The fraction of sp³-hybridized carbons (Fsp3) is 0.364. The van der Waals surface area contributed by atoms with E-state index in [9.17, 15) is 10.2 Å². The van der Waals surface area contributed by atoms with E-state index < -0.39 is 10.8 Å². The predicted molar refractivity (Wildman–Crippen MR) is 300 cm³/mol. The van der Waals surface area contributed by atoms with Gasteiger partial charge in [-0.1, -0.05) is 201 Å². The molecule has 2 aliphatic heterocycles. The zero-order valence-electron chi connectivity index (χ0n) is 46.6. The predicted octanol–water partition coefficient (Wildman–Crippen LogP) is 16.8. The molecule has 74 heavy (non-hydrogen) atoms. The van der Waals surface area contributed by atoms with E-state index in [4.69, 9.17) is 20.0 Å². The number of hydrogen-bond donors (Lipinski definition) is 2. The molecule has 3 heterocycles. The largest absolute Gasteiger partial charge is 0.507 e. The molecule has 0 saturated carbocycles. The van der Waals surface area contributed by atoms with Crippen LogP contribution in [-0.2, 0) is 74.6 Å². The fourth-order valence-electron chi connectivity index (χ4n) is 10.6. The van der Waals surface area contributed by atoms with Crippen molar-refractivity contribution >= 4 is 22.8 Å². The number of aromatic nitrogens is 2. The first-order chi connectivity index (χ1) is 33.3. The molecule has 7 aromatic rings. The van der Waals surface area contributed by atoms with Crippen LogP contribution in [0.25, 0.3) is 44.8 Å². The topological polar surface area (TPSA) is 91.0 Å². The van der Waals surface area contributed by atoms with Crippen LogP contribution in [0.3, 0.4) is 0 Å². The van der Waals surface area contributed by atoms with Gasteiger partial charge in [-0.05, 0) is 56.0 Å². The van der Waals surface area contributed by atoms with E-state index in [1.165, 1.54) is 11.1 Å². The van der Waals surface area contributed by atoms with Crippen molar-refractivity contribution in [1.29, 1.82) is 0 Å². The summed E-state index contributed by atoms with van der Waals surface area (Å²) in [5, 5.41) is 24.0. The number of phenols is 2. The van der Waals surface area contributed by atoms with E-state index in [1.54, 1.807) is 6.33 Å². The van der Waals surface area contributed by atoms with Crippen molar-refractivity contribution < 1.29 is 52.3 Å². The van der Waals surface area contributed by atoms with E-state index in [0.717, 1.165) is 112 Å². The van der Waals surface area contributed by atoms with Crippen LogP contribution in [0.15, 0.2) is 107 Å². The molecule has 390 valence electrons. The van der Waals surface area contributed by atoms with Crippen LogP contribution in [0.4, 0.5) is 11.4 Å². The van der Waals surface area contributed by atoms with E-state index in [-0.39, 0.29) is 63.8 Å². The van der Waals surface area contributed by atoms with Gasteiger partial charge in [-0.3, -0.25) is 20.0 Å². The molecule has 6 nitrogen and oxygen atoms in total. The second-order valence-corrected chi connectivity index (χ2v) is 25.7. The smallest absolute Gasteiger partial charge is 0.128 e. The Kier molecular flexibility index (Phi) is 14.8. The number of aryl methyl sites for hydroxylation is 2. The third-order valence-corrected chi connectivity index (χ3v) is 15.0. The maximum Gasteiger partial charge on any atom is 0.128 e. The van der Waals surface area contributed by atoms with Crippen molar-refractivity contribution in [2.75, 3.05) is 0 Å². The Morgan fingerprint density at radius 2 is 0.784 bits per heavy atom. The molecule has 2 aliphatic rings. The number of aromatic hydroxyl groups is 2. The molecule has 1 aromatic heterocycles. The van der Waals surface area contributed by atoms with E-state index in [2.05, 4.69) is 222 Å². The van der Waals surface area contributed by atoms with Gasteiger partial charge in [0.2, 0.25) is 0 Å². The maximum atomic E-state index is 12.0. The molecule has 0 aliphatic carbocycles. The van der Waals surface area contributed by atoms with Crippen LogP contribution in [0.2, 0.25) is 0 Å². The van der Waals surface area contributed by atoms with Gasteiger partial charge in [0.05, 0.1) is 17.8 Å². The molecule has 0 saturated heterocycles. The summed E-state index contributed by atoms with van der Waals surface area (Å²) in [6.45, 7) is 39.3. The first-order valence-electron chi connectivity index (χ1n) is 25.5. The summed E-state index contributed by atoms with van der Waals surface area (Å²) in [6.07, 6.45) is 1.63. The second-order valence-electron chi connectivity index (χ2n) is 25.7. The van der Waals surface area contributed by atoms with Gasteiger partial charge in [0.1, 0.15) is 11.5 Å². The Bertz CT molecular complexity index is 3220. The maximum absolute atomic E-state index is 12.0. The first-order valence-corrected chi connectivity index (χ1v) is 25.5. The van der Waals surface area contributed by atoms with Crippen molar-refractivity contribution in [3.8, 4) is 56.3 Å². The van der Waals surface area contributed by atoms with E-state index >= 15 is 0 Å². The molecule has 8 heteroatoms. The van der Waals surface area contributed by atoms with Gasteiger partial charge >= 0.3 is 0 Å².